The second-order valence-corrected chi connectivity index (χ2v) is 18.8. The molecule has 0 aliphatic carbocycles. The third-order valence-electron chi connectivity index (χ3n) is 13.1. The van der Waals surface area contributed by atoms with Crippen LogP contribution >= 0.6 is 0 Å². The lowest BCUT2D eigenvalue weighted by atomic mass is 10.0. The highest BCUT2D eigenvalue weighted by Crippen LogP contribution is 2.40. The number of ether oxygens (including phenoxy) is 4. The molecule has 0 unspecified atom stereocenters. The summed E-state index contributed by atoms with van der Waals surface area (Å²) in [5, 5.41) is 8.38. The van der Waals surface area contributed by atoms with Gasteiger partial charge in [0.15, 0.2) is 23.0 Å². The molecule has 19 heteroatoms. The number of fused-ring (bicyclic) bond motifs is 4. The quantitative estimate of drug-likeness (QED) is 0.0664. The van der Waals surface area contributed by atoms with E-state index >= 15 is 0 Å². The number of carbonyl (C=O) groups is 7. The maximum Gasteiger partial charge on any atom is 0.257 e. The van der Waals surface area contributed by atoms with Gasteiger partial charge in [-0.25, -0.2) is 0 Å². The van der Waals surface area contributed by atoms with Gasteiger partial charge in [0, 0.05) is 74.9 Å². The van der Waals surface area contributed by atoms with E-state index in [0.29, 0.717) is 83.4 Å². The van der Waals surface area contributed by atoms with Crippen LogP contribution in [0.15, 0.2) is 88.4 Å². The van der Waals surface area contributed by atoms with Gasteiger partial charge in [0.1, 0.15) is 12.1 Å². The van der Waals surface area contributed by atoms with Crippen LogP contribution in [0, 0.1) is 5.92 Å². The summed E-state index contributed by atoms with van der Waals surface area (Å²) in [5.41, 5.74) is 4.97. The number of rotatable bonds is 21. The SMILES string of the molecule is COc1cc2c(cc1OCCCOc1cc3c(cc1OC)C(=O)N1CC(c4cccc(NC(=O)[C@H](C)NC(=O)[C@@H](NC(=O)CCCCCN5C(=O)C=CC5=O)C(C)C)c4)=C[C@H]1C=N3)N=C[C@@H]1C=C(C)CN1C2=O. The molecule has 5 aliphatic rings. The highest BCUT2D eigenvalue weighted by atomic mass is 16.5. The molecule has 3 aromatic carbocycles. The minimum absolute atomic E-state index is 0.118. The fourth-order valence-electron chi connectivity index (χ4n) is 9.12. The zero-order valence-electron chi connectivity index (χ0n) is 41.8. The van der Waals surface area contributed by atoms with Crippen LogP contribution in [0.25, 0.3) is 5.57 Å². The Bertz CT molecular complexity index is 2850. The predicted octanol–water partition coefficient (Wildman–Crippen LogP) is 5.73. The van der Waals surface area contributed by atoms with E-state index in [1.54, 1.807) is 85.5 Å². The molecule has 5 aliphatic heterocycles. The maximum absolute atomic E-state index is 14.1. The summed E-state index contributed by atoms with van der Waals surface area (Å²) in [6.07, 6.45) is 12.3. The fourth-order valence-corrected chi connectivity index (χ4v) is 9.12. The van der Waals surface area contributed by atoms with Gasteiger partial charge in [0.05, 0.1) is 62.0 Å². The fraction of sp³-hybridized carbons (Fsp3) is 0.389. The van der Waals surface area contributed by atoms with Crippen LogP contribution in [-0.4, -0.2) is 140 Å². The van der Waals surface area contributed by atoms with E-state index in [2.05, 4.69) is 20.9 Å². The van der Waals surface area contributed by atoms with E-state index in [9.17, 15) is 33.6 Å². The Labute approximate surface area is 423 Å². The van der Waals surface area contributed by atoms with Crippen LogP contribution in [0.1, 0.15) is 86.1 Å². The highest BCUT2D eigenvalue weighted by molar-refractivity contribution is 6.13. The number of nitrogens with zero attached hydrogens (tertiary/aromatic N) is 5. The monoisotopic (exact) mass is 996 g/mol. The molecule has 3 N–H and O–H groups in total. The van der Waals surface area contributed by atoms with Gasteiger partial charge in [-0.3, -0.25) is 48.4 Å². The van der Waals surface area contributed by atoms with Crippen molar-refractivity contribution in [2.24, 2.45) is 15.9 Å². The van der Waals surface area contributed by atoms with Crippen molar-refractivity contribution < 1.29 is 52.5 Å². The average Bonchev–Trinajstić information content (AvgIpc) is 4.03. The first-order chi connectivity index (χ1) is 35.1. The summed E-state index contributed by atoms with van der Waals surface area (Å²) in [6, 6.07) is 11.5. The molecule has 0 fully saturated rings. The smallest absolute Gasteiger partial charge is 0.257 e. The number of nitrogens with one attached hydrogen (secondary N) is 3. The van der Waals surface area contributed by atoms with Crippen LogP contribution in [0.3, 0.4) is 0 Å². The third-order valence-corrected chi connectivity index (χ3v) is 13.1. The number of carbonyl (C=O) groups excluding carboxylic acids is 7. The van der Waals surface area contributed by atoms with E-state index in [4.69, 9.17) is 23.9 Å². The number of aliphatic imine (C=N–C) groups is 2. The number of hydrogen-bond donors (Lipinski definition) is 3. The molecule has 73 heavy (non-hydrogen) atoms. The van der Waals surface area contributed by atoms with Gasteiger partial charge in [0.25, 0.3) is 23.6 Å². The van der Waals surface area contributed by atoms with Crippen molar-refractivity contribution >= 4 is 76.4 Å². The van der Waals surface area contributed by atoms with Gasteiger partial charge in [-0.1, -0.05) is 50.1 Å². The first kappa shape index (κ1) is 51.3. The van der Waals surface area contributed by atoms with Crippen LogP contribution in [0.5, 0.6) is 23.0 Å². The number of unbranched alkanes of at least 4 members (excludes halogenated alkanes) is 2. The molecule has 0 saturated carbocycles. The Morgan fingerprint density at radius 1 is 0.699 bits per heavy atom. The van der Waals surface area contributed by atoms with Crippen molar-refractivity contribution in [3.8, 4) is 23.0 Å². The summed E-state index contributed by atoms with van der Waals surface area (Å²) < 4.78 is 23.5. The molecule has 0 bridgehead atoms. The predicted molar refractivity (Wildman–Crippen MR) is 273 cm³/mol. The molecular weight excluding hydrogens is 937 g/mol. The second-order valence-electron chi connectivity index (χ2n) is 18.8. The minimum atomic E-state index is -0.944. The molecular formula is C54H60N8O11. The van der Waals surface area contributed by atoms with E-state index in [-0.39, 0.29) is 74.2 Å². The number of benzene rings is 3. The molecule has 5 heterocycles. The lowest BCUT2D eigenvalue weighted by Crippen LogP contribution is -2.53. The van der Waals surface area contributed by atoms with Gasteiger partial charge in [0.2, 0.25) is 17.7 Å². The van der Waals surface area contributed by atoms with Gasteiger partial charge >= 0.3 is 0 Å². The van der Waals surface area contributed by atoms with Crippen molar-refractivity contribution in [2.75, 3.05) is 52.4 Å². The van der Waals surface area contributed by atoms with Crippen LogP contribution < -0.4 is 34.9 Å². The number of amides is 7. The van der Waals surface area contributed by atoms with Crippen molar-refractivity contribution in [1.29, 1.82) is 0 Å². The van der Waals surface area contributed by atoms with Crippen LogP contribution in [0.2, 0.25) is 0 Å². The Balaban J connectivity index is 0.821. The van der Waals surface area contributed by atoms with Gasteiger partial charge in [-0.2, -0.15) is 0 Å². The summed E-state index contributed by atoms with van der Waals surface area (Å²) in [7, 11) is 3.03. The molecule has 382 valence electrons. The largest absolute Gasteiger partial charge is 0.493 e. The molecule has 0 radical (unpaired) electrons. The highest BCUT2D eigenvalue weighted by Gasteiger charge is 2.35. The van der Waals surface area contributed by atoms with Gasteiger partial charge < -0.3 is 44.7 Å². The number of hydrogen-bond acceptors (Lipinski definition) is 13. The lowest BCUT2D eigenvalue weighted by molar-refractivity contribution is -0.137. The van der Waals surface area contributed by atoms with E-state index < -0.39 is 29.9 Å². The molecule has 8 rings (SSSR count). The number of imide groups is 1. The Kier molecular flexibility index (Phi) is 15.8. The number of anilines is 1. The molecule has 0 aromatic heterocycles. The normalized spacial score (nSPS) is 18.3. The van der Waals surface area contributed by atoms with Crippen LogP contribution in [0.4, 0.5) is 17.1 Å². The Hall–Kier alpha value is -8.09. The molecule has 19 nitrogen and oxygen atoms in total. The van der Waals surface area contributed by atoms with E-state index in [1.165, 1.54) is 26.4 Å². The summed E-state index contributed by atoms with van der Waals surface area (Å²) in [4.78, 5) is 104. The number of methoxy groups -OCH3 is 2. The standard InChI is InChI=1S/C54H60N8O11/c1-31(2)50(59-47(63)14-8-7-9-17-60-48(64)15-16-49(60)65)52(67)57-33(4)51(66)58-36-13-10-12-34(21-36)35-22-38-28-56-42-26-46(44(71-6)24-40(42)54(69)62(38)30-35)73-19-11-18-72-45-25-41-39(23-43(45)70-5)53(68)61-29-32(3)20-37(61)27-55-41/h10,12-13,15-16,20-28,31,33,37-38,50H,7-9,11,14,17-19,29-30H2,1-6H3,(H,57,67)(H,58,66)(H,59,63)/t33-,37-,38-,50-/m0/s1. The zero-order valence-corrected chi connectivity index (χ0v) is 41.8. The van der Waals surface area contributed by atoms with Crippen LogP contribution in [-0.2, 0) is 24.0 Å². The molecule has 3 aromatic rings. The Morgan fingerprint density at radius 3 is 1.90 bits per heavy atom. The molecule has 7 amide bonds. The average molecular weight is 997 g/mol. The summed E-state index contributed by atoms with van der Waals surface area (Å²) in [5.74, 6) is -0.935. The third kappa shape index (κ3) is 11.7. The lowest BCUT2D eigenvalue weighted by Gasteiger charge is -2.24. The van der Waals surface area contributed by atoms with E-state index in [0.717, 1.165) is 21.6 Å². The minimum Gasteiger partial charge on any atom is -0.493 e. The Morgan fingerprint density at radius 2 is 1.30 bits per heavy atom. The van der Waals surface area contributed by atoms with Crippen molar-refractivity contribution in [3.63, 3.8) is 0 Å². The van der Waals surface area contributed by atoms with Gasteiger partial charge in [-0.05, 0) is 68.0 Å². The first-order valence-corrected chi connectivity index (χ1v) is 24.4. The summed E-state index contributed by atoms with van der Waals surface area (Å²) >= 11 is 0. The van der Waals surface area contributed by atoms with Crippen molar-refractivity contribution in [3.05, 3.63) is 95.1 Å². The van der Waals surface area contributed by atoms with Gasteiger partial charge in [-0.15, -0.1) is 0 Å². The topological polar surface area (TPSA) is 227 Å². The van der Waals surface area contributed by atoms with Crippen molar-refractivity contribution in [1.82, 2.24) is 25.3 Å². The molecule has 0 saturated heterocycles. The summed E-state index contributed by atoms with van der Waals surface area (Å²) in [6.45, 7) is 8.78. The maximum atomic E-state index is 14.1. The first-order valence-electron chi connectivity index (χ1n) is 24.4. The van der Waals surface area contributed by atoms with E-state index in [1.807, 2.05) is 25.1 Å². The second kappa shape index (κ2) is 22.5. The molecule has 0 spiro atoms. The molecule has 4 atom stereocenters. The zero-order chi connectivity index (χ0) is 51.9. The van der Waals surface area contributed by atoms with Crippen molar-refractivity contribution in [2.45, 2.75) is 84.0 Å².